The van der Waals surface area contributed by atoms with Crippen molar-refractivity contribution in [3.8, 4) is 11.3 Å². The Bertz CT molecular complexity index is 605. The largest absolute Gasteiger partial charge is 0.391 e. The van der Waals surface area contributed by atoms with E-state index in [0.29, 0.717) is 11.3 Å². The number of aryl methyl sites for hydroxylation is 1. The van der Waals surface area contributed by atoms with Crippen molar-refractivity contribution >= 4 is 5.91 Å². The highest BCUT2D eigenvalue weighted by Crippen LogP contribution is 2.21. The molecule has 0 fully saturated rings. The Morgan fingerprint density at radius 3 is 2.62 bits per heavy atom. The number of aromatic nitrogens is 2. The molecule has 0 aliphatic heterocycles. The lowest BCUT2D eigenvalue weighted by Crippen LogP contribution is -2.34. The van der Waals surface area contributed by atoms with Gasteiger partial charge in [0.15, 0.2) is 0 Å². The topological polar surface area (TPSA) is 67.2 Å². The van der Waals surface area contributed by atoms with Gasteiger partial charge in [0.25, 0.3) is 5.91 Å². The maximum atomic E-state index is 12.3. The molecule has 2 rings (SSSR count). The number of hydrogen-bond acceptors (Lipinski definition) is 3. The summed E-state index contributed by atoms with van der Waals surface area (Å²) in [5.41, 5.74) is 2.06. The van der Waals surface area contributed by atoms with E-state index in [0.717, 1.165) is 5.56 Å². The second kappa shape index (κ2) is 6.54. The smallest absolute Gasteiger partial charge is 0.255 e. The van der Waals surface area contributed by atoms with E-state index in [1.807, 2.05) is 44.2 Å². The number of rotatable bonds is 5. The van der Waals surface area contributed by atoms with E-state index in [1.54, 1.807) is 17.9 Å². The normalized spacial score (nSPS) is 12.4. The Hall–Kier alpha value is -2.14. The maximum Gasteiger partial charge on any atom is 0.255 e. The van der Waals surface area contributed by atoms with Crippen molar-refractivity contribution in [1.29, 1.82) is 0 Å². The summed E-state index contributed by atoms with van der Waals surface area (Å²) in [6, 6.07) is 9.58. The Morgan fingerprint density at radius 2 is 2.00 bits per heavy atom. The van der Waals surface area contributed by atoms with E-state index in [1.165, 1.54) is 0 Å². The second-order valence-corrected chi connectivity index (χ2v) is 5.45. The molecule has 0 aliphatic rings. The summed E-state index contributed by atoms with van der Waals surface area (Å²) in [7, 11) is 1.78. The lowest BCUT2D eigenvalue weighted by molar-refractivity contribution is 0.0872. The van der Waals surface area contributed by atoms with Gasteiger partial charge in [-0.15, -0.1) is 0 Å². The second-order valence-electron chi connectivity index (χ2n) is 5.45. The minimum absolute atomic E-state index is 0.104. The molecule has 1 atom stereocenters. The van der Waals surface area contributed by atoms with Gasteiger partial charge in [-0.1, -0.05) is 44.2 Å². The molecule has 1 unspecified atom stereocenters. The van der Waals surface area contributed by atoms with Crippen LogP contribution in [-0.4, -0.2) is 33.4 Å². The first kappa shape index (κ1) is 15.3. The molecular formula is C16H21N3O2. The van der Waals surface area contributed by atoms with Crippen LogP contribution in [0.1, 0.15) is 24.2 Å². The SMILES string of the molecule is CC(C)C(O)CNC(=O)c1cn(C)nc1-c1ccccc1. The third-order valence-corrected chi connectivity index (χ3v) is 3.36. The van der Waals surface area contributed by atoms with Crippen LogP contribution >= 0.6 is 0 Å². The number of benzene rings is 1. The van der Waals surface area contributed by atoms with Gasteiger partial charge in [0.05, 0.1) is 11.7 Å². The Morgan fingerprint density at radius 1 is 1.33 bits per heavy atom. The number of carbonyl (C=O) groups is 1. The van der Waals surface area contributed by atoms with E-state index in [9.17, 15) is 9.90 Å². The summed E-state index contributed by atoms with van der Waals surface area (Å²) in [4.78, 5) is 12.3. The van der Waals surface area contributed by atoms with Gasteiger partial charge in [0, 0.05) is 25.4 Å². The summed E-state index contributed by atoms with van der Waals surface area (Å²) in [5, 5.41) is 16.9. The molecule has 5 nitrogen and oxygen atoms in total. The third-order valence-electron chi connectivity index (χ3n) is 3.36. The fourth-order valence-corrected chi connectivity index (χ4v) is 1.99. The molecule has 0 saturated carbocycles. The minimum Gasteiger partial charge on any atom is -0.391 e. The summed E-state index contributed by atoms with van der Waals surface area (Å²) < 4.78 is 1.62. The van der Waals surface area contributed by atoms with E-state index in [-0.39, 0.29) is 18.4 Å². The van der Waals surface area contributed by atoms with Gasteiger partial charge in [0.2, 0.25) is 0 Å². The predicted octanol–water partition coefficient (Wildman–Crippen LogP) is 1.83. The number of carbonyl (C=O) groups excluding carboxylic acids is 1. The van der Waals surface area contributed by atoms with Gasteiger partial charge in [0.1, 0.15) is 5.69 Å². The summed E-state index contributed by atoms with van der Waals surface area (Å²) in [6.07, 6.45) is 1.14. The van der Waals surface area contributed by atoms with Crippen LogP contribution in [0.4, 0.5) is 0 Å². The monoisotopic (exact) mass is 287 g/mol. The van der Waals surface area contributed by atoms with Gasteiger partial charge in [-0.25, -0.2) is 0 Å². The maximum absolute atomic E-state index is 12.3. The van der Waals surface area contributed by atoms with E-state index >= 15 is 0 Å². The first-order chi connectivity index (χ1) is 9.99. The van der Waals surface area contributed by atoms with Gasteiger partial charge in [-0.05, 0) is 5.92 Å². The lowest BCUT2D eigenvalue weighted by atomic mass is 10.1. The van der Waals surface area contributed by atoms with Crippen molar-refractivity contribution in [1.82, 2.24) is 15.1 Å². The number of aliphatic hydroxyl groups excluding tert-OH is 1. The molecule has 0 aliphatic carbocycles. The Balaban J connectivity index is 2.18. The quantitative estimate of drug-likeness (QED) is 0.881. The molecule has 0 spiro atoms. The number of nitrogens with one attached hydrogen (secondary N) is 1. The molecule has 0 saturated heterocycles. The van der Waals surface area contributed by atoms with Crippen molar-refractivity contribution in [2.75, 3.05) is 6.54 Å². The molecule has 21 heavy (non-hydrogen) atoms. The highest BCUT2D eigenvalue weighted by Gasteiger charge is 2.18. The van der Waals surface area contributed by atoms with Crippen LogP contribution in [0.5, 0.6) is 0 Å². The Labute approximate surface area is 124 Å². The first-order valence-corrected chi connectivity index (χ1v) is 7.04. The summed E-state index contributed by atoms with van der Waals surface area (Å²) in [6.45, 7) is 4.06. The van der Waals surface area contributed by atoms with Crippen molar-refractivity contribution in [2.24, 2.45) is 13.0 Å². The van der Waals surface area contributed by atoms with Gasteiger partial charge >= 0.3 is 0 Å². The van der Waals surface area contributed by atoms with E-state index < -0.39 is 6.10 Å². The molecule has 2 aromatic rings. The standard InChI is InChI=1S/C16H21N3O2/c1-11(2)14(20)9-17-16(21)13-10-19(3)18-15(13)12-7-5-4-6-8-12/h4-8,10-11,14,20H,9H2,1-3H3,(H,17,21). The molecule has 1 aromatic carbocycles. The zero-order valence-electron chi connectivity index (χ0n) is 12.6. The molecular weight excluding hydrogens is 266 g/mol. The number of nitrogens with zero attached hydrogens (tertiary/aromatic N) is 2. The van der Waals surface area contributed by atoms with Gasteiger partial charge in [-0.3, -0.25) is 9.48 Å². The summed E-state index contributed by atoms with van der Waals surface area (Å²) in [5.74, 6) is -0.116. The van der Waals surface area contributed by atoms with Crippen LogP contribution < -0.4 is 5.32 Å². The zero-order valence-corrected chi connectivity index (χ0v) is 12.6. The average molecular weight is 287 g/mol. The molecule has 2 N–H and O–H groups in total. The van der Waals surface area contributed by atoms with Gasteiger partial charge < -0.3 is 10.4 Å². The lowest BCUT2D eigenvalue weighted by Gasteiger charge is -2.14. The Kier molecular flexibility index (Phi) is 4.75. The van der Waals surface area contributed by atoms with Crippen molar-refractivity contribution in [3.05, 3.63) is 42.1 Å². The van der Waals surface area contributed by atoms with Crippen LogP contribution in [-0.2, 0) is 7.05 Å². The third kappa shape index (κ3) is 3.70. The van der Waals surface area contributed by atoms with Crippen molar-refractivity contribution < 1.29 is 9.90 Å². The molecule has 0 bridgehead atoms. The summed E-state index contributed by atoms with van der Waals surface area (Å²) >= 11 is 0. The molecule has 1 heterocycles. The number of amides is 1. The number of aliphatic hydroxyl groups is 1. The number of hydrogen-bond donors (Lipinski definition) is 2. The fourth-order valence-electron chi connectivity index (χ4n) is 1.99. The van der Waals surface area contributed by atoms with Crippen molar-refractivity contribution in [3.63, 3.8) is 0 Å². The zero-order chi connectivity index (χ0) is 15.4. The van der Waals surface area contributed by atoms with E-state index in [2.05, 4.69) is 10.4 Å². The van der Waals surface area contributed by atoms with Crippen LogP contribution in [0.25, 0.3) is 11.3 Å². The molecule has 0 radical (unpaired) electrons. The predicted molar refractivity (Wildman–Crippen MR) is 81.8 cm³/mol. The highest BCUT2D eigenvalue weighted by atomic mass is 16.3. The average Bonchev–Trinajstić information content (AvgIpc) is 2.87. The van der Waals surface area contributed by atoms with Crippen LogP contribution in [0.15, 0.2) is 36.5 Å². The van der Waals surface area contributed by atoms with Crippen molar-refractivity contribution in [2.45, 2.75) is 20.0 Å². The minimum atomic E-state index is -0.550. The van der Waals surface area contributed by atoms with E-state index in [4.69, 9.17) is 0 Å². The fraction of sp³-hybridized carbons (Fsp3) is 0.375. The van der Waals surface area contributed by atoms with Crippen LogP contribution in [0.2, 0.25) is 0 Å². The molecule has 1 aromatic heterocycles. The molecule has 112 valence electrons. The van der Waals surface area contributed by atoms with Gasteiger partial charge in [-0.2, -0.15) is 5.10 Å². The molecule has 5 heteroatoms. The molecule has 1 amide bonds. The first-order valence-electron chi connectivity index (χ1n) is 7.04. The highest BCUT2D eigenvalue weighted by molar-refractivity contribution is 5.99. The van der Waals surface area contributed by atoms with Crippen LogP contribution in [0.3, 0.4) is 0 Å². The van der Waals surface area contributed by atoms with Crippen LogP contribution in [0, 0.1) is 5.92 Å².